The molecule has 1 N–H and O–H groups in total. The molecule has 26 heavy (non-hydrogen) atoms. The maximum atomic E-state index is 12.7. The van der Waals surface area contributed by atoms with Crippen LogP contribution < -0.4 is 0 Å². The minimum absolute atomic E-state index is 0.0140. The second-order valence-corrected chi connectivity index (χ2v) is 7.03. The van der Waals surface area contributed by atoms with Crippen molar-refractivity contribution in [3.63, 3.8) is 0 Å². The minimum atomic E-state index is -0.844. The molecule has 2 heterocycles. The Labute approximate surface area is 153 Å². The molecule has 3 rings (SSSR count). The van der Waals surface area contributed by atoms with Crippen molar-refractivity contribution < 1.29 is 14.7 Å². The lowest BCUT2D eigenvalue weighted by Crippen LogP contribution is -2.30. The Morgan fingerprint density at radius 2 is 1.85 bits per heavy atom. The van der Waals surface area contributed by atoms with E-state index in [4.69, 9.17) is 0 Å². The third-order valence-corrected chi connectivity index (χ3v) is 5.50. The van der Waals surface area contributed by atoms with E-state index in [-0.39, 0.29) is 18.4 Å². The van der Waals surface area contributed by atoms with Gasteiger partial charge in [0, 0.05) is 37.7 Å². The Bertz CT molecular complexity index is 813. The summed E-state index contributed by atoms with van der Waals surface area (Å²) in [5.41, 5.74) is 4.17. The van der Waals surface area contributed by atoms with Crippen LogP contribution in [0.2, 0.25) is 0 Å². The van der Waals surface area contributed by atoms with Gasteiger partial charge in [0.25, 0.3) is 0 Å². The van der Waals surface area contributed by atoms with Gasteiger partial charge in [-0.3, -0.25) is 14.3 Å². The standard InChI is InChI=1S/C20H25N3O3/c1-13-14(2)21-23(15(13)3)10-9-19(24)22-11-17(18(12-22)20(25)26)16-7-5-4-6-8-16/h4-8,17-18H,9-12H2,1-3H3,(H,25,26)/t17-,18+/m1/s1. The van der Waals surface area contributed by atoms with E-state index in [1.165, 1.54) is 0 Å². The van der Waals surface area contributed by atoms with E-state index in [2.05, 4.69) is 5.10 Å². The Kier molecular flexibility index (Phi) is 5.11. The largest absolute Gasteiger partial charge is 0.481 e. The molecular formula is C20H25N3O3. The monoisotopic (exact) mass is 355 g/mol. The van der Waals surface area contributed by atoms with Crippen LogP contribution in [-0.2, 0) is 16.1 Å². The third-order valence-electron chi connectivity index (χ3n) is 5.50. The molecule has 0 bridgehead atoms. The molecule has 1 amide bonds. The van der Waals surface area contributed by atoms with Crippen LogP contribution in [0, 0.1) is 26.7 Å². The first-order valence-corrected chi connectivity index (χ1v) is 8.94. The topological polar surface area (TPSA) is 75.4 Å². The van der Waals surface area contributed by atoms with Crippen molar-refractivity contribution in [1.82, 2.24) is 14.7 Å². The molecule has 138 valence electrons. The molecule has 6 nitrogen and oxygen atoms in total. The number of amides is 1. The minimum Gasteiger partial charge on any atom is -0.481 e. The van der Waals surface area contributed by atoms with Crippen molar-refractivity contribution in [2.24, 2.45) is 5.92 Å². The second-order valence-electron chi connectivity index (χ2n) is 7.03. The summed E-state index contributed by atoms with van der Waals surface area (Å²) in [6.45, 7) is 7.23. The van der Waals surface area contributed by atoms with Gasteiger partial charge in [-0.2, -0.15) is 5.10 Å². The fourth-order valence-corrected chi connectivity index (χ4v) is 3.66. The van der Waals surface area contributed by atoms with Gasteiger partial charge in [0.15, 0.2) is 0 Å². The number of carbonyl (C=O) groups is 2. The molecule has 0 unspecified atom stereocenters. The van der Waals surface area contributed by atoms with Crippen molar-refractivity contribution in [3.05, 3.63) is 52.8 Å². The summed E-state index contributed by atoms with van der Waals surface area (Å²) in [5, 5.41) is 14.0. The maximum absolute atomic E-state index is 12.7. The van der Waals surface area contributed by atoms with Crippen LogP contribution in [0.1, 0.15) is 34.9 Å². The number of hydrogen-bond acceptors (Lipinski definition) is 3. The molecule has 1 aliphatic heterocycles. The lowest BCUT2D eigenvalue weighted by molar-refractivity contribution is -0.141. The molecule has 2 atom stereocenters. The smallest absolute Gasteiger partial charge is 0.308 e. The summed E-state index contributed by atoms with van der Waals surface area (Å²) < 4.78 is 1.86. The number of carboxylic acids is 1. The molecule has 0 radical (unpaired) electrons. The van der Waals surface area contributed by atoms with Gasteiger partial charge in [0.1, 0.15) is 0 Å². The highest BCUT2D eigenvalue weighted by Gasteiger charge is 2.40. The summed E-state index contributed by atoms with van der Waals surface area (Å²) in [6, 6.07) is 9.60. The first-order valence-electron chi connectivity index (χ1n) is 8.94. The zero-order valence-corrected chi connectivity index (χ0v) is 15.5. The predicted octanol–water partition coefficient (Wildman–Crippen LogP) is 2.53. The van der Waals surface area contributed by atoms with Crippen LogP contribution in [0.4, 0.5) is 0 Å². The highest BCUT2D eigenvalue weighted by molar-refractivity contribution is 5.79. The van der Waals surface area contributed by atoms with Crippen molar-refractivity contribution >= 4 is 11.9 Å². The van der Waals surface area contributed by atoms with Gasteiger partial charge in [-0.05, 0) is 31.9 Å². The SMILES string of the molecule is Cc1nn(CCC(=O)N2C[C@H](C(=O)O)[C@@H](c3ccccc3)C2)c(C)c1C. The molecule has 1 fully saturated rings. The normalized spacial score (nSPS) is 19.7. The van der Waals surface area contributed by atoms with Crippen LogP contribution >= 0.6 is 0 Å². The molecule has 1 saturated heterocycles. The molecule has 0 spiro atoms. The average molecular weight is 355 g/mol. The van der Waals surface area contributed by atoms with Crippen molar-refractivity contribution in [2.75, 3.05) is 13.1 Å². The van der Waals surface area contributed by atoms with Gasteiger partial charge in [0.05, 0.1) is 11.6 Å². The summed E-state index contributed by atoms with van der Waals surface area (Å²) in [4.78, 5) is 26.0. The first kappa shape index (κ1) is 18.2. The average Bonchev–Trinajstić information content (AvgIpc) is 3.18. The van der Waals surface area contributed by atoms with E-state index in [1.807, 2.05) is 55.8 Å². The lowest BCUT2D eigenvalue weighted by Gasteiger charge is -2.17. The first-order chi connectivity index (χ1) is 12.4. The van der Waals surface area contributed by atoms with E-state index in [0.29, 0.717) is 19.5 Å². The van der Waals surface area contributed by atoms with Gasteiger partial charge >= 0.3 is 5.97 Å². The number of nitrogens with zero attached hydrogens (tertiary/aromatic N) is 3. The predicted molar refractivity (Wildman–Crippen MR) is 97.9 cm³/mol. The van der Waals surface area contributed by atoms with Gasteiger partial charge in [-0.25, -0.2) is 0 Å². The number of hydrogen-bond donors (Lipinski definition) is 1. The number of aliphatic carboxylic acids is 1. The number of rotatable bonds is 5. The van der Waals surface area contributed by atoms with E-state index in [1.54, 1.807) is 4.90 Å². The second kappa shape index (κ2) is 7.32. The van der Waals surface area contributed by atoms with Gasteiger partial charge < -0.3 is 10.0 Å². The van der Waals surface area contributed by atoms with Crippen molar-refractivity contribution in [2.45, 2.75) is 39.7 Å². The molecule has 1 aromatic carbocycles. The van der Waals surface area contributed by atoms with Crippen LogP contribution in [0.3, 0.4) is 0 Å². The quantitative estimate of drug-likeness (QED) is 0.894. The van der Waals surface area contributed by atoms with Gasteiger partial charge in [0.2, 0.25) is 5.91 Å². The van der Waals surface area contributed by atoms with Gasteiger partial charge in [-0.1, -0.05) is 30.3 Å². The number of aryl methyl sites for hydroxylation is 2. The molecule has 0 saturated carbocycles. The highest BCUT2D eigenvalue weighted by atomic mass is 16.4. The molecule has 0 aliphatic carbocycles. The fourth-order valence-electron chi connectivity index (χ4n) is 3.66. The zero-order valence-electron chi connectivity index (χ0n) is 15.5. The third kappa shape index (κ3) is 3.49. The molecular weight excluding hydrogens is 330 g/mol. The van der Waals surface area contributed by atoms with E-state index >= 15 is 0 Å². The lowest BCUT2D eigenvalue weighted by atomic mass is 9.89. The maximum Gasteiger partial charge on any atom is 0.308 e. The number of carbonyl (C=O) groups excluding carboxylic acids is 1. The Balaban J connectivity index is 1.68. The van der Waals surface area contributed by atoms with E-state index < -0.39 is 11.9 Å². The van der Waals surface area contributed by atoms with E-state index in [0.717, 1.165) is 22.5 Å². The van der Waals surface area contributed by atoms with Crippen LogP contribution in [0.5, 0.6) is 0 Å². The highest BCUT2D eigenvalue weighted by Crippen LogP contribution is 2.33. The summed E-state index contributed by atoms with van der Waals surface area (Å²) in [6.07, 6.45) is 0.329. The molecule has 6 heteroatoms. The van der Waals surface area contributed by atoms with Crippen LogP contribution in [0.25, 0.3) is 0 Å². The Morgan fingerprint density at radius 1 is 1.15 bits per heavy atom. The van der Waals surface area contributed by atoms with Crippen molar-refractivity contribution in [1.29, 1.82) is 0 Å². The zero-order chi connectivity index (χ0) is 18.8. The molecule has 1 aromatic heterocycles. The Morgan fingerprint density at radius 3 is 2.42 bits per heavy atom. The van der Waals surface area contributed by atoms with Crippen LogP contribution in [0.15, 0.2) is 30.3 Å². The van der Waals surface area contributed by atoms with Gasteiger partial charge in [-0.15, -0.1) is 0 Å². The fraction of sp³-hybridized carbons (Fsp3) is 0.450. The van der Waals surface area contributed by atoms with Crippen molar-refractivity contribution in [3.8, 4) is 0 Å². The van der Waals surface area contributed by atoms with E-state index in [9.17, 15) is 14.7 Å². The number of benzene rings is 1. The number of likely N-dealkylation sites (tertiary alicyclic amines) is 1. The Hall–Kier alpha value is -2.63. The van der Waals surface area contributed by atoms with Crippen LogP contribution in [-0.4, -0.2) is 44.8 Å². The summed E-state index contributed by atoms with van der Waals surface area (Å²) in [7, 11) is 0. The number of aromatic nitrogens is 2. The molecule has 2 aromatic rings. The summed E-state index contributed by atoms with van der Waals surface area (Å²) in [5.74, 6) is -1.57. The number of carboxylic acid groups (broad SMARTS) is 1. The molecule has 1 aliphatic rings. The summed E-state index contributed by atoms with van der Waals surface area (Å²) >= 11 is 0.